The fourth-order valence-corrected chi connectivity index (χ4v) is 4.19. The van der Waals surface area contributed by atoms with Gasteiger partial charge in [-0.3, -0.25) is 33.9 Å². The average molecular weight is 383 g/mol. The van der Waals surface area contributed by atoms with E-state index in [0.29, 0.717) is 24.0 Å². The van der Waals surface area contributed by atoms with E-state index in [-0.39, 0.29) is 30.9 Å². The van der Waals surface area contributed by atoms with Crippen molar-refractivity contribution in [2.24, 2.45) is 0 Å². The lowest BCUT2D eigenvalue weighted by Crippen LogP contribution is -2.40. The topological polar surface area (TPSA) is 95.1 Å². The van der Waals surface area contributed by atoms with Crippen molar-refractivity contribution in [2.75, 3.05) is 13.1 Å². The first-order valence-corrected chi connectivity index (χ1v) is 9.65. The first-order valence-electron chi connectivity index (χ1n) is 9.65. The number of amides is 6. The molecule has 0 spiro atoms. The molecular weight excluding hydrogens is 362 g/mol. The highest BCUT2D eigenvalue weighted by Gasteiger charge is 2.47. The largest absolute Gasteiger partial charge is 0.334 e. The van der Waals surface area contributed by atoms with Gasteiger partial charge in [-0.05, 0) is 37.8 Å². The average Bonchev–Trinajstić information content (AvgIpc) is 3.35. The number of nitrogens with zero attached hydrogens (tertiary/aromatic N) is 3. The van der Waals surface area contributed by atoms with Crippen molar-refractivity contribution in [3.05, 3.63) is 35.4 Å². The van der Waals surface area contributed by atoms with Crippen molar-refractivity contribution in [1.82, 2.24) is 14.7 Å². The summed E-state index contributed by atoms with van der Waals surface area (Å²) >= 11 is 0. The molecule has 28 heavy (non-hydrogen) atoms. The Balaban J connectivity index is 1.32. The lowest BCUT2D eigenvalue weighted by atomic mass is 10.1. The number of hydrogen-bond acceptors (Lipinski definition) is 5. The Labute approximate surface area is 162 Å². The van der Waals surface area contributed by atoms with Gasteiger partial charge in [0.1, 0.15) is 0 Å². The van der Waals surface area contributed by atoms with E-state index in [1.54, 1.807) is 24.3 Å². The molecule has 2 heterocycles. The lowest BCUT2D eigenvalue weighted by molar-refractivity contribution is -0.144. The van der Waals surface area contributed by atoms with Crippen LogP contribution < -0.4 is 0 Å². The molecule has 0 atom stereocenters. The molecule has 0 unspecified atom stereocenters. The number of urea groups is 1. The number of hydrogen-bond donors (Lipinski definition) is 0. The van der Waals surface area contributed by atoms with Crippen LogP contribution in [0.1, 0.15) is 59.2 Å². The van der Waals surface area contributed by atoms with Gasteiger partial charge in [-0.25, -0.2) is 4.79 Å². The zero-order chi connectivity index (χ0) is 19.8. The smallest absolute Gasteiger partial charge is 0.274 e. The van der Waals surface area contributed by atoms with E-state index < -0.39 is 17.8 Å². The highest BCUT2D eigenvalue weighted by Crippen LogP contribution is 2.28. The summed E-state index contributed by atoms with van der Waals surface area (Å²) in [4.78, 5) is 64.8. The Bertz CT molecular complexity index is 839. The third kappa shape index (κ3) is 2.89. The summed E-state index contributed by atoms with van der Waals surface area (Å²) in [5.74, 6) is -2.16. The zero-order valence-electron chi connectivity index (χ0n) is 15.4. The monoisotopic (exact) mass is 383 g/mol. The van der Waals surface area contributed by atoms with E-state index in [0.717, 1.165) is 35.5 Å². The number of fused-ring (bicyclic) bond motifs is 1. The van der Waals surface area contributed by atoms with Gasteiger partial charge in [-0.15, -0.1) is 0 Å². The van der Waals surface area contributed by atoms with Gasteiger partial charge >= 0.3 is 17.8 Å². The number of carbonyl (C=O) groups excluding carboxylic acids is 5. The molecule has 146 valence electrons. The molecular formula is C20H21N3O5. The van der Waals surface area contributed by atoms with Crippen LogP contribution in [0.3, 0.4) is 0 Å². The minimum Gasteiger partial charge on any atom is -0.274 e. The molecule has 8 nitrogen and oxygen atoms in total. The maximum absolute atomic E-state index is 12.5. The number of imide groups is 3. The van der Waals surface area contributed by atoms with Gasteiger partial charge in [0, 0.05) is 19.1 Å². The molecule has 0 bridgehead atoms. The van der Waals surface area contributed by atoms with Crippen LogP contribution >= 0.6 is 0 Å². The van der Waals surface area contributed by atoms with Gasteiger partial charge in [0.05, 0.1) is 11.1 Å². The number of benzene rings is 1. The van der Waals surface area contributed by atoms with E-state index in [1.165, 1.54) is 4.90 Å². The molecule has 0 N–H and O–H groups in total. The molecule has 1 saturated carbocycles. The fraction of sp³-hybridized carbons (Fsp3) is 0.450. The van der Waals surface area contributed by atoms with Gasteiger partial charge in [-0.2, -0.15) is 0 Å². The molecule has 6 amide bonds. The molecule has 1 aliphatic carbocycles. The Hall–Kier alpha value is -3.03. The van der Waals surface area contributed by atoms with Gasteiger partial charge in [-0.1, -0.05) is 25.0 Å². The second-order valence-corrected chi connectivity index (χ2v) is 7.37. The first-order chi connectivity index (χ1) is 13.5. The van der Waals surface area contributed by atoms with E-state index in [1.807, 2.05) is 0 Å². The Morgan fingerprint density at radius 3 is 1.82 bits per heavy atom. The second-order valence-electron chi connectivity index (χ2n) is 7.37. The third-order valence-corrected chi connectivity index (χ3v) is 5.67. The number of rotatable bonds is 6. The summed E-state index contributed by atoms with van der Waals surface area (Å²) in [7, 11) is 0. The van der Waals surface area contributed by atoms with Crippen molar-refractivity contribution in [2.45, 2.75) is 44.6 Å². The summed E-state index contributed by atoms with van der Waals surface area (Å²) in [5, 5.41) is 0. The van der Waals surface area contributed by atoms with E-state index in [4.69, 9.17) is 0 Å². The minimum absolute atomic E-state index is 0.107. The van der Waals surface area contributed by atoms with Gasteiger partial charge < -0.3 is 0 Å². The molecule has 8 heteroatoms. The van der Waals surface area contributed by atoms with E-state index >= 15 is 0 Å². The summed E-state index contributed by atoms with van der Waals surface area (Å²) in [6, 6.07) is 5.96. The molecule has 4 rings (SSSR count). The number of unbranched alkanes of at least 4 members (excludes halogenated alkanes) is 1. The molecule has 1 saturated heterocycles. The summed E-state index contributed by atoms with van der Waals surface area (Å²) < 4.78 is 0. The van der Waals surface area contributed by atoms with Crippen molar-refractivity contribution < 1.29 is 24.0 Å². The summed E-state index contributed by atoms with van der Waals surface area (Å²) in [5.41, 5.74) is 0.797. The van der Waals surface area contributed by atoms with Crippen molar-refractivity contribution in [1.29, 1.82) is 0 Å². The molecule has 1 aromatic rings. The van der Waals surface area contributed by atoms with Crippen molar-refractivity contribution in [3.63, 3.8) is 0 Å². The highest BCUT2D eigenvalue weighted by molar-refractivity contribution is 6.44. The SMILES string of the molecule is O=C1C(=O)N(C2CCCC2)C(=O)N1CCCCN1C(=O)c2ccccc2C1=O. The van der Waals surface area contributed by atoms with E-state index in [2.05, 4.69) is 0 Å². The van der Waals surface area contributed by atoms with Gasteiger partial charge in [0.15, 0.2) is 0 Å². The van der Waals surface area contributed by atoms with Crippen LogP contribution in [0.15, 0.2) is 24.3 Å². The summed E-state index contributed by atoms with van der Waals surface area (Å²) in [6.45, 7) is 0.318. The predicted molar refractivity (Wildman–Crippen MR) is 97.3 cm³/mol. The molecule has 0 aromatic heterocycles. The molecule has 0 radical (unpaired) electrons. The number of carbonyl (C=O) groups is 5. The molecule has 1 aromatic carbocycles. The van der Waals surface area contributed by atoms with Crippen LogP contribution in [0.4, 0.5) is 4.79 Å². The molecule has 2 aliphatic heterocycles. The Morgan fingerprint density at radius 1 is 0.714 bits per heavy atom. The molecule has 3 aliphatic rings. The summed E-state index contributed by atoms with van der Waals surface area (Å²) in [6.07, 6.45) is 4.26. The quantitative estimate of drug-likeness (QED) is 0.323. The Kier molecular flexibility index (Phi) is 4.70. The predicted octanol–water partition coefficient (Wildman–Crippen LogP) is 1.80. The maximum Gasteiger partial charge on any atom is 0.334 e. The zero-order valence-corrected chi connectivity index (χ0v) is 15.4. The van der Waals surface area contributed by atoms with Crippen LogP contribution in [0.25, 0.3) is 0 Å². The lowest BCUT2D eigenvalue weighted by Gasteiger charge is -2.21. The van der Waals surface area contributed by atoms with Crippen molar-refractivity contribution >= 4 is 29.7 Å². The van der Waals surface area contributed by atoms with Crippen LogP contribution in [0.2, 0.25) is 0 Å². The first kappa shape index (κ1) is 18.3. The van der Waals surface area contributed by atoms with Gasteiger partial charge in [0.25, 0.3) is 11.8 Å². The normalized spacial score (nSPS) is 20.1. The van der Waals surface area contributed by atoms with E-state index in [9.17, 15) is 24.0 Å². The van der Waals surface area contributed by atoms with Crippen LogP contribution in [0, 0.1) is 0 Å². The second kappa shape index (κ2) is 7.18. The highest BCUT2D eigenvalue weighted by atomic mass is 16.2. The maximum atomic E-state index is 12.5. The van der Waals surface area contributed by atoms with Gasteiger partial charge in [0.2, 0.25) is 0 Å². The van der Waals surface area contributed by atoms with Crippen LogP contribution in [-0.2, 0) is 9.59 Å². The standard InChI is InChI=1S/C20H21N3O5/c24-16-14-9-3-4-10-15(14)17(25)21(16)11-5-6-12-22-18(26)19(27)23(20(22)28)13-7-1-2-8-13/h3-4,9-10,13H,1-2,5-8,11-12H2. The molecule has 2 fully saturated rings. The fourth-order valence-electron chi connectivity index (χ4n) is 4.19. The Morgan fingerprint density at radius 2 is 1.25 bits per heavy atom. The van der Waals surface area contributed by atoms with Crippen LogP contribution in [0.5, 0.6) is 0 Å². The third-order valence-electron chi connectivity index (χ3n) is 5.67. The van der Waals surface area contributed by atoms with Crippen LogP contribution in [-0.4, -0.2) is 63.5 Å². The minimum atomic E-state index is -0.780. The van der Waals surface area contributed by atoms with Crippen molar-refractivity contribution in [3.8, 4) is 0 Å².